The van der Waals surface area contributed by atoms with Gasteiger partial charge in [-0.2, -0.15) is 4.31 Å². The molecular weight excluding hydrogens is 276 g/mol. The van der Waals surface area contributed by atoms with E-state index in [2.05, 4.69) is 10.2 Å². The van der Waals surface area contributed by atoms with E-state index in [1.165, 1.54) is 0 Å². The number of piperazine rings is 1. The van der Waals surface area contributed by atoms with Crippen LogP contribution in [-0.4, -0.2) is 62.0 Å². The highest BCUT2D eigenvalue weighted by Gasteiger charge is 2.28. The van der Waals surface area contributed by atoms with E-state index < -0.39 is 10.0 Å². The van der Waals surface area contributed by atoms with E-state index in [9.17, 15) is 8.42 Å². The zero-order chi connectivity index (χ0) is 14.8. The van der Waals surface area contributed by atoms with E-state index in [1.54, 1.807) is 16.6 Å². The number of rotatable bonds is 5. The number of nitrogens with zero attached hydrogens (tertiary/aromatic N) is 3. The van der Waals surface area contributed by atoms with E-state index in [0.717, 1.165) is 25.3 Å². The number of sulfonamides is 1. The van der Waals surface area contributed by atoms with Gasteiger partial charge < -0.3 is 14.8 Å². The van der Waals surface area contributed by atoms with Gasteiger partial charge in [0.2, 0.25) is 10.0 Å². The van der Waals surface area contributed by atoms with Crippen LogP contribution in [0.4, 0.5) is 0 Å². The second kappa shape index (κ2) is 6.26. The molecule has 0 radical (unpaired) electrons. The number of hydrogen-bond donors (Lipinski definition) is 1. The van der Waals surface area contributed by atoms with Crippen molar-refractivity contribution in [3.05, 3.63) is 18.0 Å². The Labute approximate surface area is 121 Å². The van der Waals surface area contributed by atoms with Gasteiger partial charge in [-0.3, -0.25) is 0 Å². The third-order valence-corrected chi connectivity index (χ3v) is 5.60. The molecule has 0 unspecified atom stereocenters. The maximum absolute atomic E-state index is 12.6. The Morgan fingerprint density at radius 2 is 1.85 bits per heavy atom. The van der Waals surface area contributed by atoms with Crippen LogP contribution < -0.4 is 5.32 Å². The first kappa shape index (κ1) is 15.5. The highest BCUT2D eigenvalue weighted by molar-refractivity contribution is 7.89. The van der Waals surface area contributed by atoms with Crippen molar-refractivity contribution in [2.75, 3.05) is 39.8 Å². The molecule has 0 amide bonds. The first-order chi connectivity index (χ1) is 9.45. The number of nitrogens with one attached hydrogen (secondary N) is 1. The Kier molecular flexibility index (Phi) is 4.85. The predicted octanol–water partition coefficient (Wildman–Crippen LogP) is 0.0707. The summed E-state index contributed by atoms with van der Waals surface area (Å²) in [6.07, 6.45) is 1.71. The molecule has 2 rings (SSSR count). The van der Waals surface area contributed by atoms with Gasteiger partial charge in [0.05, 0.1) is 0 Å². The van der Waals surface area contributed by atoms with Crippen LogP contribution in [0, 0.1) is 0 Å². The van der Waals surface area contributed by atoms with Gasteiger partial charge in [0.1, 0.15) is 4.90 Å². The summed E-state index contributed by atoms with van der Waals surface area (Å²) in [6.45, 7) is 6.29. The molecule has 1 aliphatic heterocycles. The average Bonchev–Trinajstić information content (AvgIpc) is 2.79. The van der Waals surface area contributed by atoms with Crippen LogP contribution in [0.5, 0.6) is 0 Å². The summed E-state index contributed by atoms with van der Waals surface area (Å²) in [6, 6.07) is 1.77. The van der Waals surface area contributed by atoms with Crippen molar-refractivity contribution in [1.82, 2.24) is 19.1 Å². The molecule has 1 N–H and O–H groups in total. The molecule has 2 heterocycles. The van der Waals surface area contributed by atoms with Crippen LogP contribution in [-0.2, 0) is 23.6 Å². The molecule has 0 bridgehead atoms. The Balaban J connectivity index is 2.17. The summed E-state index contributed by atoms with van der Waals surface area (Å²) >= 11 is 0. The number of hydrogen-bond acceptors (Lipinski definition) is 4. The van der Waals surface area contributed by atoms with E-state index in [1.807, 2.05) is 25.6 Å². The van der Waals surface area contributed by atoms with E-state index in [4.69, 9.17) is 0 Å². The van der Waals surface area contributed by atoms with Crippen LogP contribution in [0.2, 0.25) is 0 Å². The second-order valence-corrected chi connectivity index (χ2v) is 7.20. The van der Waals surface area contributed by atoms with Crippen LogP contribution in [0.1, 0.15) is 12.6 Å². The van der Waals surface area contributed by atoms with Crippen molar-refractivity contribution in [2.45, 2.75) is 18.4 Å². The van der Waals surface area contributed by atoms with Crippen LogP contribution in [0.15, 0.2) is 17.2 Å². The second-order valence-electron chi connectivity index (χ2n) is 5.27. The molecule has 0 atom stereocenters. The van der Waals surface area contributed by atoms with E-state index >= 15 is 0 Å². The van der Waals surface area contributed by atoms with E-state index in [-0.39, 0.29) is 0 Å². The molecule has 20 heavy (non-hydrogen) atoms. The average molecular weight is 300 g/mol. The molecule has 114 valence electrons. The minimum absolute atomic E-state index is 0.400. The minimum atomic E-state index is -3.35. The van der Waals surface area contributed by atoms with Crippen molar-refractivity contribution >= 4 is 10.0 Å². The first-order valence-corrected chi connectivity index (χ1v) is 8.44. The Hall–Kier alpha value is -0.890. The molecule has 7 heteroatoms. The monoisotopic (exact) mass is 300 g/mol. The zero-order valence-corrected chi connectivity index (χ0v) is 13.3. The lowest BCUT2D eigenvalue weighted by atomic mass is 10.4. The fourth-order valence-corrected chi connectivity index (χ4v) is 3.84. The summed E-state index contributed by atoms with van der Waals surface area (Å²) < 4.78 is 28.7. The maximum atomic E-state index is 12.6. The predicted molar refractivity (Wildman–Crippen MR) is 79.0 cm³/mol. The van der Waals surface area contributed by atoms with Gasteiger partial charge in [-0.1, -0.05) is 6.92 Å². The van der Waals surface area contributed by atoms with Gasteiger partial charge in [-0.25, -0.2) is 8.42 Å². The third kappa shape index (κ3) is 3.22. The Morgan fingerprint density at radius 1 is 1.20 bits per heavy atom. The molecule has 1 fully saturated rings. The quantitative estimate of drug-likeness (QED) is 0.836. The van der Waals surface area contributed by atoms with Crippen LogP contribution in [0.3, 0.4) is 0 Å². The van der Waals surface area contributed by atoms with Crippen LogP contribution >= 0.6 is 0 Å². The molecule has 6 nitrogen and oxygen atoms in total. The topological polar surface area (TPSA) is 57.6 Å². The third-order valence-electron chi connectivity index (χ3n) is 3.74. The number of aromatic nitrogens is 1. The van der Waals surface area contributed by atoms with Crippen LogP contribution in [0.25, 0.3) is 0 Å². The molecule has 1 saturated heterocycles. The lowest BCUT2D eigenvalue weighted by Gasteiger charge is -2.31. The van der Waals surface area contributed by atoms with Gasteiger partial charge in [-0.05, 0) is 19.7 Å². The fraction of sp³-hybridized carbons (Fsp3) is 0.692. The van der Waals surface area contributed by atoms with Gasteiger partial charge in [0.15, 0.2) is 0 Å². The summed E-state index contributed by atoms with van der Waals surface area (Å²) in [7, 11) is 0.545. The van der Waals surface area contributed by atoms with Gasteiger partial charge in [0.25, 0.3) is 0 Å². The van der Waals surface area contributed by atoms with Gasteiger partial charge >= 0.3 is 0 Å². The maximum Gasteiger partial charge on any atom is 0.244 e. The lowest BCUT2D eigenvalue weighted by molar-refractivity contribution is 0.222. The van der Waals surface area contributed by atoms with Crippen molar-refractivity contribution in [3.63, 3.8) is 0 Å². The first-order valence-electron chi connectivity index (χ1n) is 6.99. The Morgan fingerprint density at radius 3 is 2.45 bits per heavy atom. The highest BCUT2D eigenvalue weighted by Crippen LogP contribution is 2.19. The zero-order valence-electron chi connectivity index (χ0n) is 12.5. The van der Waals surface area contributed by atoms with Crippen molar-refractivity contribution in [2.24, 2.45) is 7.05 Å². The smallest absolute Gasteiger partial charge is 0.244 e. The summed E-state index contributed by atoms with van der Waals surface area (Å²) in [5.41, 5.74) is 0.986. The molecule has 0 spiro atoms. The molecular formula is C13H24N4O2S. The van der Waals surface area contributed by atoms with Crippen molar-refractivity contribution < 1.29 is 8.42 Å². The molecule has 0 aromatic carbocycles. The van der Waals surface area contributed by atoms with Crippen molar-refractivity contribution in [1.29, 1.82) is 0 Å². The highest BCUT2D eigenvalue weighted by atomic mass is 32.2. The molecule has 1 aliphatic rings. The minimum Gasteiger partial charge on any atom is -0.352 e. The summed E-state index contributed by atoms with van der Waals surface area (Å²) in [5.74, 6) is 0. The van der Waals surface area contributed by atoms with Gasteiger partial charge in [0, 0.05) is 51.7 Å². The number of aryl methyl sites for hydroxylation is 1. The largest absolute Gasteiger partial charge is 0.352 e. The normalized spacial score (nSPS) is 18.6. The molecule has 1 aromatic heterocycles. The fourth-order valence-electron chi connectivity index (χ4n) is 2.32. The Bertz CT molecular complexity index is 545. The molecule has 0 saturated carbocycles. The SMILES string of the molecule is CCNCc1cc(S(=O)(=O)N2CCN(C)CC2)cn1C. The summed E-state index contributed by atoms with van der Waals surface area (Å²) in [4.78, 5) is 2.55. The standard InChI is InChI=1S/C13H24N4O2S/c1-4-14-10-12-9-13(11-16(12)3)20(18,19)17-7-5-15(2)6-8-17/h9,11,14H,4-8,10H2,1-3H3. The lowest BCUT2D eigenvalue weighted by Crippen LogP contribution is -2.46. The van der Waals surface area contributed by atoms with E-state index in [0.29, 0.717) is 24.5 Å². The van der Waals surface area contributed by atoms with Crippen molar-refractivity contribution in [3.8, 4) is 0 Å². The molecule has 1 aromatic rings. The number of likely N-dealkylation sites (N-methyl/N-ethyl adjacent to an activating group) is 1. The molecule has 0 aliphatic carbocycles. The van der Waals surface area contributed by atoms with Gasteiger partial charge in [-0.15, -0.1) is 0 Å². The summed E-state index contributed by atoms with van der Waals surface area (Å²) in [5, 5.41) is 3.22.